The van der Waals surface area contributed by atoms with Crippen LogP contribution in [0.4, 0.5) is 0 Å². The maximum Gasteiger partial charge on any atom is 0.159 e. The molecule has 0 aromatic heterocycles. The highest BCUT2D eigenvalue weighted by atomic mass is 16.4. The van der Waals surface area contributed by atoms with Crippen LogP contribution in [0.5, 0.6) is 0 Å². The van der Waals surface area contributed by atoms with Crippen molar-refractivity contribution in [2.75, 3.05) is 0 Å². The lowest BCUT2D eigenvalue weighted by Crippen LogP contribution is -2.53. The lowest BCUT2D eigenvalue weighted by atomic mass is 9.46. The summed E-state index contributed by atoms with van der Waals surface area (Å²) in [5, 5.41) is 12.7. The zero-order valence-electron chi connectivity index (χ0n) is 19.9. The van der Waals surface area contributed by atoms with Crippen LogP contribution < -0.4 is 0 Å². The zero-order chi connectivity index (χ0) is 21.7. The second kappa shape index (κ2) is 8.10. The summed E-state index contributed by atoms with van der Waals surface area (Å²) in [4.78, 5) is 13.3. The van der Waals surface area contributed by atoms with Crippen LogP contribution in [0, 0.1) is 46.3 Å². The number of hydrogen-bond acceptors (Lipinski definition) is 3. The van der Waals surface area contributed by atoms with Crippen molar-refractivity contribution in [3.8, 4) is 0 Å². The topological polar surface area (TPSA) is 49.7 Å². The molecule has 0 aliphatic heterocycles. The summed E-state index contributed by atoms with van der Waals surface area (Å²) < 4.78 is 0. The minimum atomic E-state index is -0.0174. The molecule has 4 aliphatic rings. The van der Waals surface area contributed by atoms with Crippen molar-refractivity contribution in [3.63, 3.8) is 0 Å². The first-order chi connectivity index (χ1) is 14.2. The number of hydrogen-bond donors (Lipinski definition) is 1. The van der Waals surface area contributed by atoms with Gasteiger partial charge in [0.15, 0.2) is 5.78 Å². The molecular weight excluding hydrogens is 370 g/mol. The zero-order valence-corrected chi connectivity index (χ0v) is 19.9. The molecule has 0 bridgehead atoms. The second-order valence-corrected chi connectivity index (χ2v) is 12.1. The van der Waals surface area contributed by atoms with Crippen molar-refractivity contribution >= 4 is 11.5 Å². The summed E-state index contributed by atoms with van der Waals surface area (Å²) in [7, 11) is 0. The van der Waals surface area contributed by atoms with E-state index in [1.165, 1.54) is 44.9 Å². The largest absolute Gasteiger partial charge is 0.411 e. The van der Waals surface area contributed by atoms with E-state index in [9.17, 15) is 10.0 Å². The minimum Gasteiger partial charge on any atom is -0.411 e. The van der Waals surface area contributed by atoms with Crippen LogP contribution in [0.25, 0.3) is 0 Å². The predicted molar refractivity (Wildman–Crippen MR) is 123 cm³/mol. The maximum absolute atomic E-state index is 13.3. The molecule has 4 rings (SSSR count). The predicted octanol–water partition coefficient (Wildman–Crippen LogP) is 7.04. The molecule has 7 atom stereocenters. The molecular formula is C27H43NO2. The van der Waals surface area contributed by atoms with E-state index in [2.05, 4.69) is 39.8 Å². The van der Waals surface area contributed by atoms with E-state index in [0.717, 1.165) is 42.6 Å². The molecule has 1 N–H and O–H groups in total. The van der Waals surface area contributed by atoms with Crippen LogP contribution in [0.3, 0.4) is 0 Å². The van der Waals surface area contributed by atoms with E-state index in [0.29, 0.717) is 34.7 Å². The molecule has 3 nitrogen and oxygen atoms in total. The van der Waals surface area contributed by atoms with Crippen LogP contribution in [-0.4, -0.2) is 16.7 Å². The molecule has 168 valence electrons. The molecule has 0 aromatic rings. The number of fused-ring (bicyclic) bond motifs is 5. The van der Waals surface area contributed by atoms with E-state index < -0.39 is 0 Å². The number of carbonyl (C=O) groups excluding carboxylic acids is 1. The summed E-state index contributed by atoms with van der Waals surface area (Å²) in [6, 6.07) is 0. The highest BCUT2D eigenvalue weighted by Crippen LogP contribution is 2.67. The Morgan fingerprint density at radius 3 is 2.57 bits per heavy atom. The standard InChI is InChI=1S/C27H43NO2/c1-17(2)7-6-8-18(3)21-9-10-22-20-16-25(29)24-15-19(28-30)11-13-27(24,5)23(20)12-14-26(21,22)4/h15,17-18,20-23,30H,6-14,16H2,1-5H3/b28-19+/t18-,20+,21-,22+,23+,26-,27+/m0/s1. The number of ketones is 1. The third-order valence-electron chi connectivity index (χ3n) is 10.1. The van der Waals surface area contributed by atoms with Crippen molar-refractivity contribution < 1.29 is 10.0 Å². The smallest absolute Gasteiger partial charge is 0.159 e. The Labute approximate surface area is 183 Å². The molecule has 4 aliphatic carbocycles. The lowest BCUT2D eigenvalue weighted by molar-refractivity contribution is -0.128. The average Bonchev–Trinajstić information content (AvgIpc) is 3.05. The van der Waals surface area contributed by atoms with Gasteiger partial charge in [-0.2, -0.15) is 0 Å². The van der Waals surface area contributed by atoms with E-state index in [1.54, 1.807) is 0 Å². The van der Waals surface area contributed by atoms with Gasteiger partial charge in [-0.3, -0.25) is 4.79 Å². The number of nitrogens with zero attached hydrogens (tertiary/aromatic N) is 1. The van der Waals surface area contributed by atoms with Gasteiger partial charge >= 0.3 is 0 Å². The molecule has 0 spiro atoms. The number of oxime groups is 1. The highest BCUT2D eigenvalue weighted by Gasteiger charge is 2.60. The molecule has 30 heavy (non-hydrogen) atoms. The first kappa shape index (κ1) is 22.1. The summed E-state index contributed by atoms with van der Waals surface area (Å²) >= 11 is 0. The fraction of sp³-hybridized carbons (Fsp3) is 0.852. The Balaban J connectivity index is 1.54. The van der Waals surface area contributed by atoms with Gasteiger partial charge in [0.25, 0.3) is 0 Å². The second-order valence-electron chi connectivity index (χ2n) is 12.1. The van der Waals surface area contributed by atoms with Gasteiger partial charge in [0.2, 0.25) is 0 Å². The Morgan fingerprint density at radius 2 is 1.87 bits per heavy atom. The Bertz CT molecular complexity index is 737. The average molecular weight is 414 g/mol. The number of Topliss-reactive ketones (excluding diaryl/α,β-unsaturated/α-hetero) is 1. The van der Waals surface area contributed by atoms with Crippen LogP contribution in [-0.2, 0) is 4.79 Å². The van der Waals surface area contributed by atoms with Crippen LogP contribution in [0.2, 0.25) is 0 Å². The third-order valence-corrected chi connectivity index (χ3v) is 10.1. The first-order valence-corrected chi connectivity index (χ1v) is 12.7. The monoisotopic (exact) mass is 413 g/mol. The molecule has 3 fully saturated rings. The summed E-state index contributed by atoms with van der Waals surface area (Å²) in [5.74, 6) is 4.66. The maximum atomic E-state index is 13.3. The normalized spacial score (nSPS) is 43.2. The van der Waals surface area contributed by atoms with Gasteiger partial charge in [0, 0.05) is 12.0 Å². The van der Waals surface area contributed by atoms with Gasteiger partial charge in [0.1, 0.15) is 0 Å². The fourth-order valence-corrected chi connectivity index (χ4v) is 8.50. The van der Waals surface area contributed by atoms with Crippen molar-refractivity contribution in [2.24, 2.45) is 51.5 Å². The first-order valence-electron chi connectivity index (χ1n) is 12.7. The summed E-state index contributed by atoms with van der Waals surface area (Å²) in [5.41, 5.74) is 2.05. The molecule has 0 aromatic carbocycles. The van der Waals surface area contributed by atoms with Crippen molar-refractivity contribution in [3.05, 3.63) is 11.6 Å². The fourth-order valence-electron chi connectivity index (χ4n) is 8.50. The SMILES string of the molecule is CC(C)CCC[C@H](C)[C@@H]1CC[C@@H]2[C@H]3CC(=O)C4=C/C(=N/O)CC[C@]4(C)[C@@H]3CC[C@]21C. The number of allylic oxidation sites excluding steroid dienone is 2. The van der Waals surface area contributed by atoms with E-state index in [1.807, 2.05) is 6.08 Å². The van der Waals surface area contributed by atoms with Gasteiger partial charge in [-0.15, -0.1) is 0 Å². The quantitative estimate of drug-likeness (QED) is 0.388. The molecule has 3 heteroatoms. The molecule has 3 saturated carbocycles. The van der Waals surface area contributed by atoms with Gasteiger partial charge in [-0.05, 0) is 90.9 Å². The molecule has 0 saturated heterocycles. The van der Waals surface area contributed by atoms with Crippen LogP contribution in [0.1, 0.15) is 98.8 Å². The third kappa shape index (κ3) is 3.48. The van der Waals surface area contributed by atoms with Gasteiger partial charge < -0.3 is 5.21 Å². The Kier molecular flexibility index (Phi) is 5.96. The van der Waals surface area contributed by atoms with Crippen molar-refractivity contribution in [1.82, 2.24) is 0 Å². The van der Waals surface area contributed by atoms with Gasteiger partial charge in [0.05, 0.1) is 5.71 Å². The summed E-state index contributed by atoms with van der Waals surface area (Å²) in [6.07, 6.45) is 13.8. The van der Waals surface area contributed by atoms with Gasteiger partial charge in [-0.25, -0.2) is 0 Å². The van der Waals surface area contributed by atoms with Crippen LogP contribution in [0.15, 0.2) is 16.8 Å². The Hall–Kier alpha value is -1.12. The van der Waals surface area contributed by atoms with E-state index in [-0.39, 0.29) is 5.41 Å². The van der Waals surface area contributed by atoms with Crippen molar-refractivity contribution in [1.29, 1.82) is 0 Å². The summed E-state index contributed by atoms with van der Waals surface area (Å²) in [6.45, 7) is 12.1. The number of rotatable bonds is 5. The van der Waals surface area contributed by atoms with Gasteiger partial charge in [-0.1, -0.05) is 59.0 Å². The molecule has 0 unspecified atom stereocenters. The lowest BCUT2D eigenvalue weighted by Gasteiger charge is -2.58. The molecule has 0 amide bonds. The molecule has 0 radical (unpaired) electrons. The Morgan fingerprint density at radius 1 is 1.10 bits per heavy atom. The number of carbonyl (C=O) groups is 1. The van der Waals surface area contributed by atoms with E-state index in [4.69, 9.17) is 0 Å². The minimum absolute atomic E-state index is 0.0174. The highest BCUT2D eigenvalue weighted by molar-refractivity contribution is 6.07. The van der Waals surface area contributed by atoms with Crippen LogP contribution >= 0.6 is 0 Å². The molecule has 0 heterocycles. The van der Waals surface area contributed by atoms with Crippen molar-refractivity contribution in [2.45, 2.75) is 98.8 Å². The van der Waals surface area contributed by atoms with E-state index >= 15 is 0 Å².